The number of aromatic amines is 1. The molecule has 0 bridgehead atoms. The van der Waals surface area contributed by atoms with Crippen LogP contribution in [0.15, 0.2) is 30.5 Å². The van der Waals surface area contributed by atoms with Gasteiger partial charge in [0.1, 0.15) is 11.5 Å². The molecule has 0 atom stereocenters. The number of Topliss-reactive ketones (excluding diaryl/α,β-unsaturated/α-hetero) is 1. The molecule has 3 aromatic rings. The number of nitrogens with one attached hydrogen (secondary N) is 1. The van der Waals surface area contributed by atoms with Gasteiger partial charge in [-0.3, -0.25) is 9.78 Å². The molecule has 1 aromatic carbocycles. The van der Waals surface area contributed by atoms with Crippen molar-refractivity contribution < 1.29 is 40.6 Å². The molecule has 160 valence electrons. The third-order valence-corrected chi connectivity index (χ3v) is 3.93. The fraction of sp³-hybridized carbons (Fsp3) is 0.278. The van der Waals surface area contributed by atoms with Crippen molar-refractivity contribution in [3.05, 3.63) is 47.5 Å². The van der Waals surface area contributed by atoms with Gasteiger partial charge in [0, 0.05) is 17.8 Å². The van der Waals surface area contributed by atoms with E-state index in [0.29, 0.717) is 5.52 Å². The fourth-order valence-electron chi connectivity index (χ4n) is 2.60. The number of nitrogens with zero attached hydrogens (tertiary/aromatic N) is 2. The molecule has 12 heteroatoms. The number of benzene rings is 1. The van der Waals surface area contributed by atoms with Gasteiger partial charge < -0.3 is 14.5 Å². The van der Waals surface area contributed by atoms with E-state index in [-0.39, 0.29) is 34.8 Å². The number of rotatable bonds is 6. The topological polar surface area (TPSA) is 77.1 Å². The predicted octanol–water partition coefficient (Wildman–Crippen LogP) is 4.53. The number of pyridine rings is 1. The highest BCUT2D eigenvalue weighted by Crippen LogP contribution is 2.27. The van der Waals surface area contributed by atoms with Gasteiger partial charge in [-0.15, -0.1) is 13.2 Å². The number of ketones is 1. The van der Waals surface area contributed by atoms with Crippen molar-refractivity contribution in [2.45, 2.75) is 25.9 Å². The summed E-state index contributed by atoms with van der Waals surface area (Å²) >= 11 is 0. The monoisotopic (exact) mass is 433 g/mol. The molecule has 0 aliphatic rings. The van der Waals surface area contributed by atoms with Gasteiger partial charge in [-0.2, -0.15) is 13.2 Å². The van der Waals surface area contributed by atoms with Gasteiger partial charge in [-0.25, -0.2) is 4.98 Å². The standard InChI is InChI=1S/C18H13F6N3O3/c1-9-12(25-5-4-15(9)29-8-17(19,20)21)7-14(28)16-26-11-3-2-10(6-13(11)27-16)30-18(22,23)24/h2-6H,7-8H2,1H3,(H,26,27). The Hall–Kier alpha value is -3.31. The van der Waals surface area contributed by atoms with Crippen molar-refractivity contribution in [3.63, 3.8) is 0 Å². The second-order valence-electron chi connectivity index (χ2n) is 6.20. The minimum Gasteiger partial charge on any atom is -0.484 e. The predicted molar refractivity (Wildman–Crippen MR) is 91.3 cm³/mol. The summed E-state index contributed by atoms with van der Waals surface area (Å²) < 4.78 is 82.5. The zero-order valence-corrected chi connectivity index (χ0v) is 15.2. The summed E-state index contributed by atoms with van der Waals surface area (Å²) in [5.74, 6) is -1.26. The molecule has 0 saturated carbocycles. The molecule has 0 radical (unpaired) electrons. The zero-order chi connectivity index (χ0) is 22.1. The Balaban J connectivity index is 1.78. The molecule has 0 aliphatic heterocycles. The van der Waals surface area contributed by atoms with Gasteiger partial charge in [-0.05, 0) is 25.1 Å². The molecule has 0 aliphatic carbocycles. The van der Waals surface area contributed by atoms with Crippen LogP contribution in [-0.4, -0.2) is 39.9 Å². The highest BCUT2D eigenvalue weighted by atomic mass is 19.4. The Bertz CT molecular complexity index is 1080. The summed E-state index contributed by atoms with van der Waals surface area (Å²) in [6.45, 7) is -0.0299. The summed E-state index contributed by atoms with van der Waals surface area (Å²) in [6, 6.07) is 4.61. The number of alkyl halides is 6. The largest absolute Gasteiger partial charge is 0.573 e. The van der Waals surface area contributed by atoms with E-state index in [4.69, 9.17) is 4.74 Å². The molecule has 2 aromatic heterocycles. The summed E-state index contributed by atoms with van der Waals surface area (Å²) in [5, 5.41) is 0. The van der Waals surface area contributed by atoms with Crippen LogP contribution in [0, 0.1) is 6.92 Å². The van der Waals surface area contributed by atoms with Crippen LogP contribution in [0.25, 0.3) is 11.0 Å². The van der Waals surface area contributed by atoms with E-state index in [1.54, 1.807) is 0 Å². The van der Waals surface area contributed by atoms with Crippen molar-refractivity contribution in [2.24, 2.45) is 0 Å². The summed E-state index contributed by atoms with van der Waals surface area (Å²) in [6.07, 6.45) is -8.48. The zero-order valence-electron chi connectivity index (χ0n) is 15.2. The van der Waals surface area contributed by atoms with Crippen molar-refractivity contribution in [1.82, 2.24) is 15.0 Å². The quantitative estimate of drug-likeness (QED) is 0.457. The number of fused-ring (bicyclic) bond motifs is 1. The van der Waals surface area contributed by atoms with Crippen molar-refractivity contribution in [3.8, 4) is 11.5 Å². The van der Waals surface area contributed by atoms with E-state index in [0.717, 1.165) is 12.1 Å². The molecular formula is C18H13F6N3O3. The van der Waals surface area contributed by atoms with Crippen molar-refractivity contribution in [1.29, 1.82) is 0 Å². The van der Waals surface area contributed by atoms with Gasteiger partial charge in [0.25, 0.3) is 0 Å². The molecule has 0 fully saturated rings. The Labute approximate surface area is 164 Å². The van der Waals surface area contributed by atoms with E-state index in [2.05, 4.69) is 19.7 Å². The Kier molecular flexibility index (Phi) is 5.59. The van der Waals surface area contributed by atoms with Crippen LogP contribution in [-0.2, 0) is 6.42 Å². The van der Waals surface area contributed by atoms with Crippen LogP contribution in [0.4, 0.5) is 26.3 Å². The first-order chi connectivity index (χ1) is 13.9. The average Bonchev–Trinajstić information content (AvgIpc) is 3.03. The van der Waals surface area contributed by atoms with Crippen molar-refractivity contribution in [2.75, 3.05) is 6.61 Å². The van der Waals surface area contributed by atoms with Gasteiger partial charge in [0.05, 0.1) is 23.1 Å². The van der Waals surface area contributed by atoms with Gasteiger partial charge in [0.15, 0.2) is 12.4 Å². The highest BCUT2D eigenvalue weighted by molar-refractivity contribution is 5.97. The SMILES string of the molecule is Cc1c(OCC(F)(F)F)ccnc1CC(=O)c1nc2cc(OC(F)(F)F)ccc2[nH]1. The number of aromatic nitrogens is 3. The third kappa shape index (κ3) is 5.39. The molecule has 3 rings (SSSR count). The lowest BCUT2D eigenvalue weighted by atomic mass is 10.1. The normalized spacial score (nSPS) is 12.2. The average molecular weight is 433 g/mol. The van der Waals surface area contributed by atoms with Crippen LogP contribution < -0.4 is 9.47 Å². The van der Waals surface area contributed by atoms with Gasteiger partial charge >= 0.3 is 12.5 Å². The Morgan fingerprint density at radius 1 is 1.13 bits per heavy atom. The summed E-state index contributed by atoms with van der Waals surface area (Å²) in [7, 11) is 0. The molecule has 0 saturated heterocycles. The van der Waals surface area contributed by atoms with E-state index in [1.807, 2.05) is 0 Å². The lowest BCUT2D eigenvalue weighted by Gasteiger charge is -2.13. The van der Waals surface area contributed by atoms with Gasteiger partial charge in [0.2, 0.25) is 5.78 Å². The van der Waals surface area contributed by atoms with Crippen LogP contribution in [0.5, 0.6) is 11.5 Å². The molecule has 6 nitrogen and oxygen atoms in total. The second-order valence-corrected chi connectivity index (χ2v) is 6.20. The number of H-pyrrole nitrogens is 1. The maximum atomic E-state index is 12.5. The number of hydrogen-bond acceptors (Lipinski definition) is 5. The fourth-order valence-corrected chi connectivity index (χ4v) is 2.60. The molecular weight excluding hydrogens is 420 g/mol. The molecule has 2 heterocycles. The minimum atomic E-state index is -4.87. The van der Waals surface area contributed by atoms with Gasteiger partial charge in [-0.1, -0.05) is 0 Å². The first kappa shape index (κ1) is 21.4. The molecule has 0 spiro atoms. The van der Waals surface area contributed by atoms with E-state index >= 15 is 0 Å². The van der Waals surface area contributed by atoms with Crippen molar-refractivity contribution >= 4 is 16.8 Å². The number of imidazole rings is 1. The van der Waals surface area contributed by atoms with Crippen LogP contribution in [0.1, 0.15) is 21.9 Å². The first-order valence-electron chi connectivity index (χ1n) is 8.34. The maximum Gasteiger partial charge on any atom is 0.573 e. The number of carbonyl (C=O) groups is 1. The van der Waals surface area contributed by atoms with E-state index < -0.39 is 30.7 Å². The summed E-state index contributed by atoms with van der Waals surface area (Å²) in [5.41, 5.74) is 0.820. The number of hydrogen-bond donors (Lipinski definition) is 1. The molecule has 1 N–H and O–H groups in total. The number of carbonyl (C=O) groups excluding carboxylic acids is 1. The minimum absolute atomic E-state index is 0.0660. The van der Waals surface area contributed by atoms with E-state index in [1.165, 1.54) is 25.3 Å². The summed E-state index contributed by atoms with van der Waals surface area (Å²) in [4.78, 5) is 23.1. The lowest BCUT2D eigenvalue weighted by molar-refractivity contribution is -0.274. The number of halogens is 6. The molecule has 30 heavy (non-hydrogen) atoms. The van der Waals surface area contributed by atoms with Crippen LogP contribution in [0.2, 0.25) is 0 Å². The van der Waals surface area contributed by atoms with Crippen LogP contribution >= 0.6 is 0 Å². The molecule has 0 unspecified atom stereocenters. The smallest absolute Gasteiger partial charge is 0.484 e. The first-order valence-corrected chi connectivity index (χ1v) is 8.34. The highest BCUT2D eigenvalue weighted by Gasteiger charge is 2.31. The van der Waals surface area contributed by atoms with E-state index in [9.17, 15) is 31.1 Å². The third-order valence-electron chi connectivity index (χ3n) is 3.93. The Morgan fingerprint density at radius 3 is 2.53 bits per heavy atom. The Morgan fingerprint density at radius 2 is 1.87 bits per heavy atom. The molecule has 0 amide bonds. The maximum absolute atomic E-state index is 12.5. The lowest BCUT2D eigenvalue weighted by Crippen LogP contribution is -2.20. The number of ether oxygens (including phenoxy) is 2. The second kappa shape index (κ2) is 7.84. The van der Waals surface area contributed by atoms with Crippen LogP contribution in [0.3, 0.4) is 0 Å².